The number of benzene rings is 1. The van der Waals surface area contributed by atoms with Gasteiger partial charge in [-0.05, 0) is 41.9 Å². The molecule has 0 N–H and O–H groups in total. The van der Waals surface area contributed by atoms with E-state index >= 15 is 0 Å². The quantitative estimate of drug-likeness (QED) is 0.843. The van der Waals surface area contributed by atoms with E-state index in [1.165, 1.54) is 0 Å². The van der Waals surface area contributed by atoms with Gasteiger partial charge in [0.1, 0.15) is 5.75 Å². The Balaban J connectivity index is 2.50. The molecule has 1 heterocycles. The van der Waals surface area contributed by atoms with Gasteiger partial charge in [0.2, 0.25) is 0 Å². The molecule has 0 aliphatic carbocycles. The van der Waals surface area contributed by atoms with E-state index < -0.39 is 0 Å². The van der Waals surface area contributed by atoms with Crippen LogP contribution >= 0.6 is 27.3 Å². The van der Waals surface area contributed by atoms with Gasteiger partial charge in [0.05, 0.1) is 17.2 Å². The lowest BCUT2D eigenvalue weighted by Gasteiger charge is -2.08. The Morgan fingerprint density at radius 1 is 1.38 bits per heavy atom. The Labute approximate surface area is 107 Å². The van der Waals surface area contributed by atoms with Gasteiger partial charge < -0.3 is 4.74 Å². The van der Waals surface area contributed by atoms with Crippen molar-refractivity contribution in [2.75, 3.05) is 6.61 Å². The number of para-hydroxylation sites is 1. The van der Waals surface area contributed by atoms with E-state index in [1.807, 2.05) is 32.0 Å². The van der Waals surface area contributed by atoms with Crippen molar-refractivity contribution < 1.29 is 4.74 Å². The van der Waals surface area contributed by atoms with Crippen LogP contribution in [0.25, 0.3) is 10.4 Å². The Morgan fingerprint density at radius 3 is 2.75 bits per heavy atom. The molecule has 0 atom stereocenters. The summed E-state index contributed by atoms with van der Waals surface area (Å²) in [6.45, 7) is 4.68. The molecule has 2 nitrogen and oxygen atoms in total. The highest BCUT2D eigenvalue weighted by Crippen LogP contribution is 2.37. The zero-order chi connectivity index (χ0) is 11.5. The Hall–Kier alpha value is -0.870. The van der Waals surface area contributed by atoms with Gasteiger partial charge >= 0.3 is 0 Å². The minimum atomic E-state index is 0.677. The lowest BCUT2D eigenvalue weighted by Crippen LogP contribution is -1.93. The molecule has 4 heteroatoms. The average molecular weight is 298 g/mol. The van der Waals surface area contributed by atoms with E-state index in [9.17, 15) is 0 Å². The van der Waals surface area contributed by atoms with Crippen LogP contribution in [-0.4, -0.2) is 11.6 Å². The van der Waals surface area contributed by atoms with Crippen molar-refractivity contribution in [1.29, 1.82) is 0 Å². The van der Waals surface area contributed by atoms with Crippen molar-refractivity contribution >= 4 is 27.3 Å². The Bertz CT molecular complexity index is 496. The summed E-state index contributed by atoms with van der Waals surface area (Å²) in [5, 5.41) is 0. The maximum Gasteiger partial charge on any atom is 0.159 e. The van der Waals surface area contributed by atoms with Crippen molar-refractivity contribution in [3.8, 4) is 16.2 Å². The van der Waals surface area contributed by atoms with Gasteiger partial charge in [0.25, 0.3) is 0 Å². The highest BCUT2D eigenvalue weighted by atomic mass is 79.9. The summed E-state index contributed by atoms with van der Waals surface area (Å²) in [7, 11) is 0. The van der Waals surface area contributed by atoms with Gasteiger partial charge in [-0.1, -0.05) is 12.1 Å². The first-order valence-corrected chi connectivity index (χ1v) is 6.68. The predicted octanol–water partition coefficient (Wildman–Crippen LogP) is 4.28. The molecular formula is C12H12BrNOS. The van der Waals surface area contributed by atoms with Crippen LogP contribution in [0.3, 0.4) is 0 Å². The highest BCUT2D eigenvalue weighted by molar-refractivity contribution is 9.11. The summed E-state index contributed by atoms with van der Waals surface area (Å²) in [6, 6.07) is 8.06. The molecule has 2 aromatic rings. The number of ether oxygens (including phenoxy) is 1. The molecule has 1 aromatic carbocycles. The first kappa shape index (κ1) is 11.6. The number of aromatic nitrogens is 1. The molecule has 16 heavy (non-hydrogen) atoms. The van der Waals surface area contributed by atoms with Gasteiger partial charge in [0.15, 0.2) is 3.92 Å². The topological polar surface area (TPSA) is 22.1 Å². The molecule has 0 saturated heterocycles. The van der Waals surface area contributed by atoms with Gasteiger partial charge in [-0.25, -0.2) is 4.98 Å². The van der Waals surface area contributed by atoms with Crippen molar-refractivity contribution in [2.45, 2.75) is 13.8 Å². The lowest BCUT2D eigenvalue weighted by molar-refractivity contribution is 0.341. The molecule has 0 aliphatic heterocycles. The standard InChI is InChI=1S/C12H12BrNOS/c1-3-15-10-7-5-4-6-9(10)11-8(2)14-12(13)16-11/h4-7H,3H2,1-2H3. The number of nitrogens with zero attached hydrogens (tertiary/aromatic N) is 1. The molecule has 84 valence electrons. The van der Waals surface area contributed by atoms with Gasteiger partial charge in [-0.2, -0.15) is 0 Å². The minimum absolute atomic E-state index is 0.677. The average Bonchev–Trinajstić information content (AvgIpc) is 2.59. The van der Waals surface area contributed by atoms with E-state index in [0.717, 1.165) is 25.8 Å². The van der Waals surface area contributed by atoms with E-state index in [-0.39, 0.29) is 0 Å². The minimum Gasteiger partial charge on any atom is -0.493 e. The van der Waals surface area contributed by atoms with E-state index in [1.54, 1.807) is 11.3 Å². The maximum atomic E-state index is 5.62. The first-order chi connectivity index (χ1) is 7.72. The third kappa shape index (κ3) is 2.28. The third-order valence-corrected chi connectivity index (χ3v) is 3.84. The van der Waals surface area contributed by atoms with E-state index in [0.29, 0.717) is 6.61 Å². The predicted molar refractivity (Wildman–Crippen MR) is 71.2 cm³/mol. The van der Waals surface area contributed by atoms with Crippen LogP contribution in [0, 0.1) is 6.92 Å². The Kier molecular flexibility index (Phi) is 3.61. The second kappa shape index (κ2) is 4.97. The number of hydrogen-bond donors (Lipinski definition) is 0. The fraction of sp³-hybridized carbons (Fsp3) is 0.250. The zero-order valence-electron chi connectivity index (χ0n) is 9.16. The lowest BCUT2D eigenvalue weighted by atomic mass is 10.1. The van der Waals surface area contributed by atoms with Crippen LogP contribution in [0.1, 0.15) is 12.6 Å². The monoisotopic (exact) mass is 297 g/mol. The van der Waals surface area contributed by atoms with Crippen LogP contribution in [-0.2, 0) is 0 Å². The number of halogens is 1. The van der Waals surface area contributed by atoms with Crippen molar-refractivity contribution in [2.24, 2.45) is 0 Å². The van der Waals surface area contributed by atoms with Crippen LogP contribution in [0.2, 0.25) is 0 Å². The van der Waals surface area contributed by atoms with Crippen molar-refractivity contribution in [3.63, 3.8) is 0 Å². The first-order valence-electron chi connectivity index (χ1n) is 5.07. The van der Waals surface area contributed by atoms with Crippen molar-refractivity contribution in [3.05, 3.63) is 33.9 Å². The molecule has 0 amide bonds. The number of hydrogen-bond acceptors (Lipinski definition) is 3. The number of rotatable bonds is 3. The van der Waals surface area contributed by atoms with Crippen molar-refractivity contribution in [1.82, 2.24) is 4.98 Å². The molecule has 2 rings (SSSR count). The smallest absolute Gasteiger partial charge is 0.159 e. The number of thiazole rings is 1. The fourth-order valence-corrected chi connectivity index (χ4v) is 3.12. The second-order valence-electron chi connectivity index (χ2n) is 3.31. The summed E-state index contributed by atoms with van der Waals surface area (Å²) in [5.41, 5.74) is 2.15. The zero-order valence-corrected chi connectivity index (χ0v) is 11.6. The summed E-state index contributed by atoms with van der Waals surface area (Å²) in [4.78, 5) is 5.53. The summed E-state index contributed by atoms with van der Waals surface area (Å²) in [5.74, 6) is 0.921. The van der Waals surface area contributed by atoms with E-state index in [4.69, 9.17) is 4.74 Å². The van der Waals surface area contributed by atoms with Crippen LogP contribution in [0.5, 0.6) is 5.75 Å². The molecule has 0 spiro atoms. The van der Waals surface area contributed by atoms with Gasteiger partial charge in [-0.3, -0.25) is 0 Å². The fourth-order valence-electron chi connectivity index (χ4n) is 1.55. The summed E-state index contributed by atoms with van der Waals surface area (Å²) >= 11 is 5.04. The molecular weight excluding hydrogens is 286 g/mol. The molecule has 1 aromatic heterocycles. The third-order valence-electron chi connectivity index (χ3n) is 2.20. The SMILES string of the molecule is CCOc1ccccc1-c1sc(Br)nc1C. The molecule has 0 bridgehead atoms. The molecule has 0 aliphatic rings. The van der Waals surface area contributed by atoms with Gasteiger partial charge in [-0.15, -0.1) is 11.3 Å². The normalized spacial score (nSPS) is 10.4. The summed E-state index contributed by atoms with van der Waals surface area (Å²) in [6.07, 6.45) is 0. The second-order valence-corrected chi connectivity index (χ2v) is 5.59. The molecule has 0 fully saturated rings. The van der Waals surface area contributed by atoms with Crippen LogP contribution in [0.15, 0.2) is 28.2 Å². The van der Waals surface area contributed by atoms with Crippen LogP contribution in [0.4, 0.5) is 0 Å². The molecule has 0 unspecified atom stereocenters. The van der Waals surface area contributed by atoms with Crippen LogP contribution < -0.4 is 4.74 Å². The van der Waals surface area contributed by atoms with E-state index in [2.05, 4.69) is 27.0 Å². The van der Waals surface area contributed by atoms with Gasteiger partial charge in [0, 0.05) is 5.56 Å². The highest BCUT2D eigenvalue weighted by Gasteiger charge is 2.12. The Morgan fingerprint density at radius 2 is 2.12 bits per heavy atom. The maximum absolute atomic E-state index is 5.62. The summed E-state index contributed by atoms with van der Waals surface area (Å²) < 4.78 is 6.53. The molecule has 0 radical (unpaired) electrons. The number of aryl methyl sites for hydroxylation is 1. The molecule has 0 saturated carbocycles. The largest absolute Gasteiger partial charge is 0.493 e.